The number of nitrogens with zero attached hydrogens (tertiary/aromatic N) is 3. The van der Waals surface area contributed by atoms with Crippen molar-refractivity contribution < 1.29 is 0 Å². The minimum atomic E-state index is 0.621. The van der Waals surface area contributed by atoms with Crippen LogP contribution in [0.4, 0.5) is 0 Å². The zero-order valence-electron chi connectivity index (χ0n) is 9.25. The van der Waals surface area contributed by atoms with Crippen molar-refractivity contribution in [1.82, 2.24) is 14.4 Å². The SMILES string of the molecule is Clc1cccc(-c2nc(=[Se])nc3ccccn23)c1. The molecular formula is C13H8ClN3Se. The van der Waals surface area contributed by atoms with Crippen LogP contribution in [-0.2, 0) is 0 Å². The quantitative estimate of drug-likeness (QED) is 0.645. The van der Waals surface area contributed by atoms with E-state index in [1.54, 1.807) is 0 Å². The van der Waals surface area contributed by atoms with Gasteiger partial charge in [0.15, 0.2) is 0 Å². The molecule has 3 rings (SSSR count). The average molecular weight is 321 g/mol. The van der Waals surface area contributed by atoms with E-state index in [-0.39, 0.29) is 0 Å². The monoisotopic (exact) mass is 321 g/mol. The summed E-state index contributed by atoms with van der Waals surface area (Å²) in [6.45, 7) is 0. The van der Waals surface area contributed by atoms with Gasteiger partial charge in [-0.1, -0.05) is 0 Å². The van der Waals surface area contributed by atoms with Gasteiger partial charge in [0, 0.05) is 0 Å². The van der Waals surface area contributed by atoms with Crippen molar-refractivity contribution in [1.29, 1.82) is 0 Å². The molecule has 0 unspecified atom stereocenters. The number of aromatic nitrogens is 3. The fourth-order valence-electron chi connectivity index (χ4n) is 1.80. The number of pyridine rings is 1. The molecule has 18 heavy (non-hydrogen) atoms. The number of benzene rings is 1. The normalized spacial score (nSPS) is 10.7. The van der Waals surface area contributed by atoms with Crippen LogP contribution in [0.2, 0.25) is 5.02 Å². The van der Waals surface area contributed by atoms with Gasteiger partial charge in [-0.3, -0.25) is 0 Å². The molecule has 0 saturated heterocycles. The summed E-state index contributed by atoms with van der Waals surface area (Å²) in [4.78, 5) is 8.80. The van der Waals surface area contributed by atoms with Crippen LogP contribution in [0.3, 0.4) is 0 Å². The molecule has 0 spiro atoms. The molecule has 5 heteroatoms. The van der Waals surface area contributed by atoms with Crippen LogP contribution in [-0.4, -0.2) is 29.9 Å². The fourth-order valence-corrected chi connectivity index (χ4v) is 2.37. The molecule has 88 valence electrons. The van der Waals surface area contributed by atoms with Crippen molar-refractivity contribution in [2.45, 2.75) is 0 Å². The molecule has 3 nitrogen and oxygen atoms in total. The molecular weight excluding hydrogens is 313 g/mol. The van der Waals surface area contributed by atoms with E-state index in [2.05, 4.69) is 25.5 Å². The minimum absolute atomic E-state index is 0.621. The Balaban J connectivity index is 2.38. The van der Waals surface area contributed by atoms with Gasteiger partial charge in [-0.2, -0.15) is 0 Å². The summed E-state index contributed by atoms with van der Waals surface area (Å²) in [5.74, 6) is 0.817. The zero-order chi connectivity index (χ0) is 12.5. The average Bonchev–Trinajstić information content (AvgIpc) is 2.37. The van der Waals surface area contributed by atoms with Gasteiger partial charge in [0.2, 0.25) is 0 Å². The molecule has 0 radical (unpaired) electrons. The molecule has 0 saturated carbocycles. The third kappa shape index (κ3) is 2.10. The Morgan fingerprint density at radius 2 is 1.94 bits per heavy atom. The third-order valence-electron chi connectivity index (χ3n) is 2.56. The summed E-state index contributed by atoms with van der Waals surface area (Å²) in [6.07, 6.45) is 1.94. The summed E-state index contributed by atoms with van der Waals surface area (Å²) in [5.41, 5.74) is 1.80. The molecule has 1 aromatic carbocycles. The van der Waals surface area contributed by atoms with E-state index in [0.29, 0.717) is 9.35 Å². The maximum atomic E-state index is 6.03. The standard InChI is InChI=1S/C13H8ClN3Se/c14-10-5-3-4-9(8-10)12-16-13(18)15-11-6-1-2-7-17(11)12/h1-8H. The molecule has 0 N–H and O–H groups in total. The molecule has 0 fully saturated rings. The second-order valence-electron chi connectivity index (χ2n) is 3.77. The van der Waals surface area contributed by atoms with Crippen molar-refractivity contribution in [3.05, 3.63) is 58.0 Å². The topological polar surface area (TPSA) is 30.2 Å². The van der Waals surface area contributed by atoms with Gasteiger partial charge in [-0.15, -0.1) is 0 Å². The second-order valence-corrected chi connectivity index (χ2v) is 4.97. The Bertz CT molecular complexity index is 782. The van der Waals surface area contributed by atoms with Gasteiger partial charge in [0.05, 0.1) is 0 Å². The first-order chi connectivity index (χ1) is 8.74. The Hall–Kier alpha value is -1.48. The van der Waals surface area contributed by atoms with Gasteiger partial charge in [0.25, 0.3) is 0 Å². The summed E-state index contributed by atoms with van der Waals surface area (Å²) in [5, 5.41) is 0.692. The van der Waals surface area contributed by atoms with Gasteiger partial charge >= 0.3 is 117 Å². The van der Waals surface area contributed by atoms with Crippen LogP contribution in [0.5, 0.6) is 0 Å². The molecule has 0 aliphatic heterocycles. The number of fused-ring (bicyclic) bond motifs is 1. The zero-order valence-corrected chi connectivity index (χ0v) is 11.7. The molecule has 0 atom stereocenters. The van der Waals surface area contributed by atoms with Crippen molar-refractivity contribution in [3.8, 4) is 11.4 Å². The van der Waals surface area contributed by atoms with Crippen molar-refractivity contribution >= 4 is 32.8 Å². The Kier molecular flexibility index (Phi) is 3.00. The van der Waals surface area contributed by atoms with Crippen molar-refractivity contribution in [3.63, 3.8) is 0 Å². The fraction of sp³-hybridized carbons (Fsp3) is 0. The molecule has 2 heterocycles. The number of halogens is 1. The van der Waals surface area contributed by atoms with Gasteiger partial charge in [-0.05, 0) is 0 Å². The number of hydrogen-bond donors (Lipinski definition) is 0. The molecule has 0 amide bonds. The van der Waals surface area contributed by atoms with Crippen molar-refractivity contribution in [2.24, 2.45) is 0 Å². The first kappa shape index (κ1) is 11.6. The third-order valence-corrected chi connectivity index (χ3v) is 3.18. The van der Waals surface area contributed by atoms with E-state index in [0.717, 1.165) is 17.0 Å². The first-order valence-corrected chi connectivity index (χ1v) is 6.59. The Morgan fingerprint density at radius 1 is 1.06 bits per heavy atom. The Morgan fingerprint density at radius 3 is 2.78 bits per heavy atom. The molecule has 0 bridgehead atoms. The van der Waals surface area contributed by atoms with Gasteiger partial charge in [0.1, 0.15) is 0 Å². The van der Waals surface area contributed by atoms with E-state index in [4.69, 9.17) is 11.6 Å². The van der Waals surface area contributed by atoms with E-state index >= 15 is 0 Å². The number of hydrogen-bond acceptors (Lipinski definition) is 2. The summed E-state index contributed by atoms with van der Waals surface area (Å²) < 4.78 is 2.56. The first-order valence-electron chi connectivity index (χ1n) is 5.35. The maximum absolute atomic E-state index is 6.03. The van der Waals surface area contributed by atoms with E-state index in [9.17, 15) is 0 Å². The molecule has 0 aliphatic carbocycles. The van der Waals surface area contributed by atoms with Gasteiger partial charge in [-0.25, -0.2) is 0 Å². The summed E-state index contributed by atoms with van der Waals surface area (Å²) in [7, 11) is 0. The van der Waals surface area contributed by atoms with Crippen LogP contribution in [0.1, 0.15) is 0 Å². The van der Waals surface area contributed by atoms with Gasteiger partial charge < -0.3 is 0 Å². The molecule has 3 aromatic rings. The van der Waals surface area contributed by atoms with E-state index < -0.39 is 0 Å². The van der Waals surface area contributed by atoms with Crippen LogP contribution >= 0.6 is 11.6 Å². The van der Waals surface area contributed by atoms with Crippen LogP contribution in [0.15, 0.2) is 48.7 Å². The van der Waals surface area contributed by atoms with Crippen LogP contribution in [0, 0.1) is 4.32 Å². The van der Waals surface area contributed by atoms with E-state index in [1.807, 2.05) is 53.1 Å². The summed E-state index contributed by atoms with van der Waals surface area (Å²) >= 11 is 8.88. The van der Waals surface area contributed by atoms with E-state index in [1.165, 1.54) is 0 Å². The Labute approximate surface area is 116 Å². The van der Waals surface area contributed by atoms with Crippen molar-refractivity contribution in [2.75, 3.05) is 0 Å². The molecule has 2 aromatic heterocycles. The number of rotatable bonds is 1. The molecule has 0 aliphatic rings. The summed E-state index contributed by atoms with van der Waals surface area (Å²) in [6, 6.07) is 13.5. The predicted molar refractivity (Wildman–Crippen MR) is 72.4 cm³/mol. The predicted octanol–water partition coefficient (Wildman–Crippen LogP) is 2.75. The van der Waals surface area contributed by atoms with Crippen LogP contribution in [0.25, 0.3) is 17.0 Å². The second kappa shape index (κ2) is 4.65. The van der Waals surface area contributed by atoms with Crippen LogP contribution < -0.4 is 0 Å².